The maximum atomic E-state index is 12.9. The summed E-state index contributed by atoms with van der Waals surface area (Å²) in [5, 5.41) is 0. The molecule has 2 heterocycles. The van der Waals surface area contributed by atoms with Crippen LogP contribution in [0.25, 0.3) is 0 Å². The lowest BCUT2D eigenvalue weighted by molar-refractivity contribution is -0.126. The third-order valence-corrected chi connectivity index (χ3v) is 6.10. The number of anilines is 1. The van der Waals surface area contributed by atoms with Crippen LogP contribution < -0.4 is 10.6 Å². The summed E-state index contributed by atoms with van der Waals surface area (Å²) in [6.45, 7) is 1.94. The van der Waals surface area contributed by atoms with Gasteiger partial charge in [-0.1, -0.05) is 12.1 Å². The molecule has 1 aromatic carbocycles. The number of carbonyl (C=O) groups excluding carboxylic acids is 2. The van der Waals surface area contributed by atoms with E-state index < -0.39 is 11.4 Å². The van der Waals surface area contributed by atoms with Gasteiger partial charge in [-0.3, -0.25) is 9.69 Å². The first-order valence-electron chi connectivity index (χ1n) is 9.37. The van der Waals surface area contributed by atoms with E-state index in [1.54, 1.807) is 9.80 Å². The van der Waals surface area contributed by atoms with Crippen molar-refractivity contribution in [2.75, 3.05) is 38.6 Å². The number of nitrogens with zero attached hydrogens (tertiary/aromatic N) is 3. The molecule has 139 valence electrons. The molecule has 3 amide bonds. The normalized spacial score (nSPS) is 27.0. The zero-order valence-corrected chi connectivity index (χ0v) is 15.6. The number of benzene rings is 1. The number of amides is 3. The van der Waals surface area contributed by atoms with Crippen molar-refractivity contribution in [3.63, 3.8) is 0 Å². The van der Waals surface area contributed by atoms with Gasteiger partial charge in [0.05, 0.1) is 6.54 Å². The van der Waals surface area contributed by atoms with Gasteiger partial charge < -0.3 is 15.5 Å². The summed E-state index contributed by atoms with van der Waals surface area (Å²) in [6, 6.07) is 8.17. The van der Waals surface area contributed by atoms with Crippen LogP contribution in [0.15, 0.2) is 24.3 Å². The van der Waals surface area contributed by atoms with Crippen LogP contribution in [-0.4, -0.2) is 61.0 Å². The Balaban J connectivity index is 1.58. The fourth-order valence-corrected chi connectivity index (χ4v) is 4.57. The third kappa shape index (κ3) is 2.58. The number of hydrogen-bond donors (Lipinski definition) is 1. The Morgan fingerprint density at radius 2 is 1.92 bits per heavy atom. The summed E-state index contributed by atoms with van der Waals surface area (Å²) in [7, 11) is 4.21. The molecule has 0 aromatic heterocycles. The SMILES string of the molecule is CN(C)CC1(c2ccc(N3C[C@@]4(C(N)=O)[CH]CCCN4C3=O)cc2)CC1. The monoisotopic (exact) mass is 355 g/mol. The lowest BCUT2D eigenvalue weighted by atomic mass is 9.87. The van der Waals surface area contributed by atoms with Gasteiger partial charge in [0.25, 0.3) is 0 Å². The molecule has 1 aliphatic carbocycles. The van der Waals surface area contributed by atoms with Crippen molar-refractivity contribution in [3.8, 4) is 0 Å². The molecule has 1 aromatic rings. The highest BCUT2D eigenvalue weighted by molar-refractivity contribution is 6.03. The van der Waals surface area contributed by atoms with Crippen molar-refractivity contribution < 1.29 is 9.59 Å². The molecule has 1 atom stereocenters. The molecule has 0 bridgehead atoms. The van der Waals surface area contributed by atoms with Gasteiger partial charge in [0.2, 0.25) is 5.91 Å². The van der Waals surface area contributed by atoms with Crippen LogP contribution >= 0.6 is 0 Å². The van der Waals surface area contributed by atoms with E-state index in [1.165, 1.54) is 18.4 Å². The predicted octanol–water partition coefficient (Wildman–Crippen LogP) is 1.74. The van der Waals surface area contributed by atoms with Gasteiger partial charge in [-0.25, -0.2) is 4.79 Å². The highest BCUT2D eigenvalue weighted by Crippen LogP contribution is 2.49. The van der Waals surface area contributed by atoms with E-state index in [2.05, 4.69) is 31.1 Å². The molecule has 1 radical (unpaired) electrons. The molecule has 2 saturated heterocycles. The summed E-state index contributed by atoms with van der Waals surface area (Å²) in [4.78, 5) is 30.6. The Morgan fingerprint density at radius 3 is 2.46 bits per heavy atom. The predicted molar refractivity (Wildman–Crippen MR) is 101 cm³/mol. The average Bonchev–Trinajstić information content (AvgIpc) is 3.32. The lowest BCUT2D eigenvalue weighted by Crippen LogP contribution is -2.59. The summed E-state index contributed by atoms with van der Waals surface area (Å²) >= 11 is 0. The number of rotatable bonds is 5. The Kier molecular flexibility index (Phi) is 3.99. The van der Waals surface area contributed by atoms with E-state index >= 15 is 0 Å². The number of carbonyl (C=O) groups is 2. The van der Waals surface area contributed by atoms with Crippen molar-refractivity contribution in [3.05, 3.63) is 36.2 Å². The first-order chi connectivity index (χ1) is 12.4. The molecular weight excluding hydrogens is 328 g/mol. The molecule has 26 heavy (non-hydrogen) atoms. The second-order valence-corrected chi connectivity index (χ2v) is 8.22. The quantitative estimate of drug-likeness (QED) is 0.875. The van der Waals surface area contributed by atoms with Gasteiger partial charge in [-0.05, 0) is 63.9 Å². The first-order valence-corrected chi connectivity index (χ1v) is 9.37. The number of nitrogens with two attached hydrogens (primary N) is 1. The fourth-order valence-electron chi connectivity index (χ4n) is 4.57. The minimum absolute atomic E-state index is 0.123. The fraction of sp³-hybridized carbons (Fsp3) is 0.550. The van der Waals surface area contributed by atoms with Crippen molar-refractivity contribution in [2.24, 2.45) is 5.73 Å². The highest BCUT2D eigenvalue weighted by atomic mass is 16.2. The second kappa shape index (κ2) is 5.98. The Morgan fingerprint density at radius 1 is 1.23 bits per heavy atom. The van der Waals surface area contributed by atoms with E-state index in [0.717, 1.165) is 25.1 Å². The van der Waals surface area contributed by atoms with Crippen molar-refractivity contribution in [2.45, 2.75) is 36.6 Å². The summed E-state index contributed by atoms with van der Waals surface area (Å²) in [5.41, 5.74) is 7.15. The van der Waals surface area contributed by atoms with E-state index in [1.807, 2.05) is 18.6 Å². The number of fused-ring (bicyclic) bond motifs is 1. The van der Waals surface area contributed by atoms with Gasteiger partial charge in [0, 0.05) is 24.2 Å². The van der Waals surface area contributed by atoms with E-state index in [4.69, 9.17) is 5.73 Å². The van der Waals surface area contributed by atoms with Crippen LogP contribution in [0, 0.1) is 6.42 Å². The Labute approximate surface area is 154 Å². The van der Waals surface area contributed by atoms with Gasteiger partial charge in [0.1, 0.15) is 5.54 Å². The smallest absolute Gasteiger partial charge is 0.325 e. The summed E-state index contributed by atoms with van der Waals surface area (Å²) in [5.74, 6) is -0.437. The maximum Gasteiger partial charge on any atom is 0.325 e. The molecule has 0 spiro atoms. The number of urea groups is 1. The number of primary amides is 1. The zero-order valence-electron chi connectivity index (χ0n) is 15.6. The number of hydrogen-bond acceptors (Lipinski definition) is 3. The zero-order chi connectivity index (χ0) is 18.5. The van der Waals surface area contributed by atoms with Crippen LogP contribution in [0.1, 0.15) is 31.2 Å². The number of likely N-dealkylation sites (N-methyl/N-ethyl adjacent to an activating group) is 1. The average molecular weight is 355 g/mol. The third-order valence-electron chi connectivity index (χ3n) is 6.10. The highest BCUT2D eigenvalue weighted by Gasteiger charge is 2.55. The molecule has 6 nitrogen and oxygen atoms in total. The van der Waals surface area contributed by atoms with Gasteiger partial charge in [-0.15, -0.1) is 0 Å². The molecule has 3 aliphatic rings. The molecular formula is C20H27N4O2. The maximum absolute atomic E-state index is 12.9. The molecule has 1 saturated carbocycles. The molecule has 2 N–H and O–H groups in total. The minimum Gasteiger partial charge on any atom is -0.368 e. The summed E-state index contributed by atoms with van der Waals surface area (Å²) < 4.78 is 0. The largest absolute Gasteiger partial charge is 0.368 e. The number of piperidine rings is 1. The molecule has 0 unspecified atom stereocenters. The molecule has 3 fully saturated rings. The molecule has 6 heteroatoms. The summed E-state index contributed by atoms with van der Waals surface area (Å²) in [6.07, 6.45) is 6.02. The van der Waals surface area contributed by atoms with Crippen LogP contribution in [0.5, 0.6) is 0 Å². The van der Waals surface area contributed by atoms with Gasteiger partial charge in [0.15, 0.2) is 0 Å². The van der Waals surface area contributed by atoms with E-state index in [-0.39, 0.29) is 11.4 Å². The topological polar surface area (TPSA) is 69.9 Å². The van der Waals surface area contributed by atoms with Gasteiger partial charge >= 0.3 is 6.03 Å². The van der Waals surface area contributed by atoms with E-state index in [9.17, 15) is 9.59 Å². The molecule has 2 aliphatic heterocycles. The lowest BCUT2D eigenvalue weighted by Gasteiger charge is -2.37. The van der Waals surface area contributed by atoms with E-state index in [0.29, 0.717) is 13.1 Å². The van der Waals surface area contributed by atoms with Crippen molar-refractivity contribution in [1.82, 2.24) is 9.80 Å². The molecule has 4 rings (SSSR count). The van der Waals surface area contributed by atoms with Crippen LogP contribution in [0.4, 0.5) is 10.5 Å². The van der Waals surface area contributed by atoms with Crippen LogP contribution in [-0.2, 0) is 10.2 Å². The van der Waals surface area contributed by atoms with Crippen LogP contribution in [0.3, 0.4) is 0 Å². The van der Waals surface area contributed by atoms with Crippen molar-refractivity contribution in [1.29, 1.82) is 0 Å². The van der Waals surface area contributed by atoms with Crippen molar-refractivity contribution >= 4 is 17.6 Å². The standard InChI is InChI=1S/C20H27N4O2/c1-22(2)13-19(10-11-19)15-5-7-16(8-6-15)23-14-20(17(21)25)9-3-4-12-24(20)18(23)26/h5-9H,3-4,10-14H2,1-2H3,(H2,21,25)/t20-/m1/s1. The Hall–Kier alpha value is -2.08. The minimum atomic E-state index is -0.962. The second-order valence-electron chi connectivity index (χ2n) is 8.22. The Bertz CT molecular complexity index is 726. The van der Waals surface area contributed by atoms with Crippen LogP contribution in [0.2, 0.25) is 0 Å². The van der Waals surface area contributed by atoms with Gasteiger partial charge in [-0.2, -0.15) is 0 Å². The first kappa shape index (κ1) is 17.3.